The lowest BCUT2D eigenvalue weighted by Crippen LogP contribution is -2.14. The van der Waals surface area contributed by atoms with Crippen LogP contribution in [0.1, 0.15) is 25.5 Å². The van der Waals surface area contributed by atoms with Gasteiger partial charge >= 0.3 is 0 Å². The summed E-state index contributed by atoms with van der Waals surface area (Å²) in [5.74, 6) is 0.842. The largest absolute Gasteiger partial charge is 0.491 e. The molecule has 0 fully saturated rings. The molecule has 2 aromatic carbocycles. The van der Waals surface area contributed by atoms with Crippen molar-refractivity contribution in [3.05, 3.63) is 58.6 Å². The summed E-state index contributed by atoms with van der Waals surface area (Å²) in [7, 11) is 0. The summed E-state index contributed by atoms with van der Waals surface area (Å²) < 4.78 is 6.66. The maximum Gasteiger partial charge on any atom is 0.119 e. The number of hydrogen-bond acceptors (Lipinski definition) is 3. The van der Waals surface area contributed by atoms with Crippen LogP contribution in [0.15, 0.2) is 53.0 Å². The molecule has 112 valence electrons. The molecule has 0 bridgehead atoms. The van der Waals surface area contributed by atoms with E-state index in [9.17, 15) is 5.11 Å². The molecule has 0 aliphatic rings. The molecule has 2 rings (SSSR count). The van der Waals surface area contributed by atoms with Crippen molar-refractivity contribution in [3.8, 4) is 5.75 Å². The van der Waals surface area contributed by atoms with E-state index in [0.717, 1.165) is 21.5 Å². The number of nitrogens with one attached hydrogen (secondary N) is 1. The Morgan fingerprint density at radius 3 is 2.19 bits per heavy atom. The fourth-order valence-corrected chi connectivity index (χ4v) is 2.30. The van der Waals surface area contributed by atoms with Crippen molar-refractivity contribution in [2.45, 2.75) is 26.0 Å². The van der Waals surface area contributed by atoms with Gasteiger partial charge in [-0.15, -0.1) is 0 Å². The van der Waals surface area contributed by atoms with Gasteiger partial charge in [0, 0.05) is 10.2 Å². The fraction of sp³-hybridized carbons (Fsp3) is 0.294. The predicted octanol–water partition coefficient (Wildman–Crippen LogP) is 4.38. The summed E-state index contributed by atoms with van der Waals surface area (Å²) >= 11 is 3.41. The van der Waals surface area contributed by atoms with Gasteiger partial charge in [0.2, 0.25) is 0 Å². The first-order valence-corrected chi connectivity index (χ1v) is 7.77. The second-order valence-corrected chi connectivity index (χ2v) is 6.04. The molecular weight excluding hydrogens is 330 g/mol. The second kappa shape index (κ2) is 7.48. The molecule has 0 spiro atoms. The van der Waals surface area contributed by atoms with Crippen molar-refractivity contribution >= 4 is 21.6 Å². The molecule has 0 heterocycles. The number of halogens is 1. The van der Waals surface area contributed by atoms with E-state index in [4.69, 9.17) is 4.74 Å². The van der Waals surface area contributed by atoms with Crippen molar-refractivity contribution < 1.29 is 9.84 Å². The van der Waals surface area contributed by atoms with E-state index in [1.165, 1.54) is 0 Å². The van der Waals surface area contributed by atoms with E-state index in [-0.39, 0.29) is 18.8 Å². The Hall–Kier alpha value is -1.52. The minimum absolute atomic E-state index is 0.0282. The third kappa shape index (κ3) is 4.76. The molecule has 0 aromatic heterocycles. The van der Waals surface area contributed by atoms with Gasteiger partial charge in [0.15, 0.2) is 0 Å². The number of aliphatic hydroxyl groups is 1. The molecule has 1 unspecified atom stereocenters. The Morgan fingerprint density at radius 1 is 1.05 bits per heavy atom. The van der Waals surface area contributed by atoms with Crippen molar-refractivity contribution in [1.29, 1.82) is 0 Å². The van der Waals surface area contributed by atoms with Crippen LogP contribution in [0.3, 0.4) is 0 Å². The van der Waals surface area contributed by atoms with Crippen LogP contribution >= 0.6 is 15.9 Å². The minimum atomic E-state index is -0.140. The maximum absolute atomic E-state index is 9.61. The van der Waals surface area contributed by atoms with Crippen molar-refractivity contribution in [1.82, 2.24) is 0 Å². The summed E-state index contributed by atoms with van der Waals surface area (Å²) in [6.45, 7) is 4.03. The molecule has 0 aliphatic heterocycles. The first-order chi connectivity index (χ1) is 10.1. The van der Waals surface area contributed by atoms with Crippen LogP contribution in [0.4, 0.5) is 5.69 Å². The molecule has 21 heavy (non-hydrogen) atoms. The number of benzene rings is 2. The summed E-state index contributed by atoms with van der Waals surface area (Å²) in [6, 6.07) is 15.6. The van der Waals surface area contributed by atoms with Crippen LogP contribution in [0.25, 0.3) is 0 Å². The van der Waals surface area contributed by atoms with E-state index < -0.39 is 0 Å². The summed E-state index contributed by atoms with van der Waals surface area (Å²) in [4.78, 5) is 0. The SMILES string of the molecule is CC(C)Oc1ccc(C(CO)Nc2ccc(Br)cc2)cc1. The van der Waals surface area contributed by atoms with Gasteiger partial charge in [-0.2, -0.15) is 0 Å². The van der Waals surface area contributed by atoms with E-state index in [1.807, 2.05) is 62.4 Å². The topological polar surface area (TPSA) is 41.5 Å². The lowest BCUT2D eigenvalue weighted by atomic mass is 10.1. The third-order valence-electron chi connectivity index (χ3n) is 3.02. The number of hydrogen-bond donors (Lipinski definition) is 2. The average molecular weight is 350 g/mol. The van der Waals surface area contributed by atoms with E-state index in [2.05, 4.69) is 21.2 Å². The molecule has 0 amide bonds. The van der Waals surface area contributed by atoms with Gasteiger partial charge in [-0.1, -0.05) is 28.1 Å². The summed E-state index contributed by atoms with van der Waals surface area (Å²) in [5, 5.41) is 12.9. The number of aliphatic hydroxyl groups excluding tert-OH is 1. The Balaban J connectivity index is 2.08. The standard InChI is InChI=1S/C17H20BrNO2/c1-12(2)21-16-9-3-13(4-10-16)17(11-20)19-15-7-5-14(18)6-8-15/h3-10,12,17,19-20H,11H2,1-2H3. The number of rotatable bonds is 6. The van der Waals surface area contributed by atoms with Crippen LogP contribution in [0.2, 0.25) is 0 Å². The van der Waals surface area contributed by atoms with Crippen molar-refractivity contribution in [2.24, 2.45) is 0 Å². The van der Waals surface area contributed by atoms with Gasteiger partial charge in [0.1, 0.15) is 5.75 Å². The first kappa shape index (κ1) is 15.9. The van der Waals surface area contributed by atoms with Crippen LogP contribution in [-0.4, -0.2) is 17.8 Å². The van der Waals surface area contributed by atoms with E-state index in [1.54, 1.807) is 0 Å². The lowest BCUT2D eigenvalue weighted by Gasteiger charge is -2.19. The number of ether oxygens (including phenoxy) is 1. The molecule has 0 saturated heterocycles. The van der Waals surface area contributed by atoms with Gasteiger partial charge in [-0.05, 0) is 55.8 Å². The highest BCUT2D eigenvalue weighted by Gasteiger charge is 2.10. The third-order valence-corrected chi connectivity index (χ3v) is 3.55. The molecule has 3 nitrogen and oxygen atoms in total. The zero-order valence-corrected chi connectivity index (χ0v) is 13.8. The van der Waals surface area contributed by atoms with Crippen molar-refractivity contribution in [3.63, 3.8) is 0 Å². The van der Waals surface area contributed by atoms with Crippen LogP contribution in [-0.2, 0) is 0 Å². The van der Waals surface area contributed by atoms with Gasteiger partial charge < -0.3 is 15.2 Å². The molecular formula is C17H20BrNO2. The highest BCUT2D eigenvalue weighted by molar-refractivity contribution is 9.10. The normalized spacial score (nSPS) is 12.2. The lowest BCUT2D eigenvalue weighted by molar-refractivity contribution is 0.242. The first-order valence-electron chi connectivity index (χ1n) is 6.98. The van der Waals surface area contributed by atoms with Gasteiger partial charge in [0.05, 0.1) is 18.8 Å². The smallest absolute Gasteiger partial charge is 0.119 e. The van der Waals surface area contributed by atoms with Crippen LogP contribution < -0.4 is 10.1 Å². The van der Waals surface area contributed by atoms with Gasteiger partial charge in [-0.25, -0.2) is 0 Å². The van der Waals surface area contributed by atoms with Crippen LogP contribution in [0, 0.1) is 0 Å². The van der Waals surface area contributed by atoms with Gasteiger partial charge in [-0.3, -0.25) is 0 Å². The Bertz CT molecular complexity index is 552. The van der Waals surface area contributed by atoms with E-state index >= 15 is 0 Å². The highest BCUT2D eigenvalue weighted by Crippen LogP contribution is 2.23. The maximum atomic E-state index is 9.61. The monoisotopic (exact) mass is 349 g/mol. The molecule has 2 aromatic rings. The second-order valence-electron chi connectivity index (χ2n) is 5.12. The number of anilines is 1. The van der Waals surface area contributed by atoms with Crippen LogP contribution in [0.5, 0.6) is 5.75 Å². The molecule has 0 aliphatic carbocycles. The molecule has 0 saturated carbocycles. The minimum Gasteiger partial charge on any atom is -0.491 e. The molecule has 2 N–H and O–H groups in total. The summed E-state index contributed by atoms with van der Waals surface area (Å²) in [6.07, 6.45) is 0.158. The van der Waals surface area contributed by atoms with Gasteiger partial charge in [0.25, 0.3) is 0 Å². The Morgan fingerprint density at radius 2 is 1.67 bits per heavy atom. The quantitative estimate of drug-likeness (QED) is 0.812. The molecule has 1 atom stereocenters. The van der Waals surface area contributed by atoms with E-state index in [0.29, 0.717) is 0 Å². The predicted molar refractivity (Wildman–Crippen MR) is 89.8 cm³/mol. The average Bonchev–Trinajstić information content (AvgIpc) is 2.47. The molecule has 4 heteroatoms. The van der Waals surface area contributed by atoms with Crippen molar-refractivity contribution in [2.75, 3.05) is 11.9 Å². The zero-order chi connectivity index (χ0) is 15.2. The Kier molecular flexibility index (Phi) is 5.65. The highest BCUT2D eigenvalue weighted by atomic mass is 79.9. The Labute approximate surface area is 134 Å². The molecule has 0 radical (unpaired) electrons. The zero-order valence-electron chi connectivity index (χ0n) is 12.2. The summed E-state index contributed by atoms with van der Waals surface area (Å²) in [5.41, 5.74) is 2.00. The fourth-order valence-electron chi connectivity index (χ4n) is 2.03.